The second-order valence-electron chi connectivity index (χ2n) is 11.5. The van der Waals surface area contributed by atoms with E-state index in [9.17, 15) is 10.2 Å². The first-order valence-electron chi connectivity index (χ1n) is 11.8. The van der Waals surface area contributed by atoms with Gasteiger partial charge in [0, 0.05) is 21.7 Å². The molecule has 1 fully saturated rings. The molecule has 0 radical (unpaired) electrons. The van der Waals surface area contributed by atoms with Crippen molar-refractivity contribution in [3.63, 3.8) is 0 Å². The summed E-state index contributed by atoms with van der Waals surface area (Å²) in [5.41, 5.74) is 4.61. The van der Waals surface area contributed by atoms with Gasteiger partial charge in [0.2, 0.25) is 0 Å². The maximum Gasteiger partial charge on any atom is 0.127 e. The Hall–Kier alpha value is -1.53. The molecule has 170 valence electrons. The molecule has 31 heavy (non-hydrogen) atoms. The van der Waals surface area contributed by atoms with Crippen LogP contribution < -0.4 is 10.6 Å². The number of benzene rings is 2. The molecule has 0 unspecified atom stereocenters. The lowest BCUT2D eigenvalue weighted by Crippen LogP contribution is -2.27. The second-order valence-corrected chi connectivity index (χ2v) is 14.0. The highest BCUT2D eigenvalue weighted by molar-refractivity contribution is 7.74. The van der Waals surface area contributed by atoms with Crippen molar-refractivity contribution in [3.8, 4) is 11.5 Å². The van der Waals surface area contributed by atoms with Crippen molar-refractivity contribution in [3.05, 3.63) is 46.5 Å². The Kier molecular flexibility index (Phi) is 6.83. The molecule has 0 aromatic heterocycles. The lowest BCUT2D eigenvalue weighted by atomic mass is 9.85. The number of hydrogen-bond donors (Lipinski definition) is 2. The first kappa shape index (κ1) is 24.1. The zero-order valence-corrected chi connectivity index (χ0v) is 21.7. The highest BCUT2D eigenvalue weighted by Gasteiger charge is 2.34. The lowest BCUT2D eigenvalue weighted by molar-refractivity contribution is 0.449. The van der Waals surface area contributed by atoms with E-state index in [4.69, 9.17) is 0 Å². The summed E-state index contributed by atoms with van der Waals surface area (Å²) in [7, 11) is -0.870. The largest absolute Gasteiger partial charge is 0.507 e. The minimum Gasteiger partial charge on any atom is -0.507 e. The van der Waals surface area contributed by atoms with Gasteiger partial charge in [-0.15, -0.1) is 0 Å². The van der Waals surface area contributed by atoms with Crippen LogP contribution in [0.25, 0.3) is 0 Å². The van der Waals surface area contributed by atoms with Gasteiger partial charge >= 0.3 is 0 Å². The fourth-order valence-electron chi connectivity index (χ4n) is 4.89. The molecular weight excluding hydrogens is 399 g/mol. The molecule has 3 rings (SSSR count). The van der Waals surface area contributed by atoms with Gasteiger partial charge in [0.15, 0.2) is 0 Å². The molecule has 0 atom stereocenters. The molecule has 0 saturated heterocycles. The van der Waals surface area contributed by atoms with E-state index in [-0.39, 0.29) is 10.8 Å². The molecule has 2 aromatic carbocycles. The normalized spacial score (nSPS) is 16.2. The van der Waals surface area contributed by atoms with Gasteiger partial charge in [-0.1, -0.05) is 72.9 Å². The topological polar surface area (TPSA) is 40.5 Å². The second kappa shape index (κ2) is 8.78. The van der Waals surface area contributed by atoms with Crippen molar-refractivity contribution < 1.29 is 10.2 Å². The molecule has 2 nitrogen and oxygen atoms in total. The SMILES string of the molecule is Cc1cc(P(c2cc(C)cc(C(C)(C)C)c2O)C2CCCCC2)c(O)c(C(C)(C)C)c1. The summed E-state index contributed by atoms with van der Waals surface area (Å²) in [6.45, 7) is 17.2. The average Bonchev–Trinajstić information content (AvgIpc) is 2.66. The van der Waals surface area contributed by atoms with E-state index in [1.807, 2.05) is 0 Å². The molecule has 0 aliphatic heterocycles. The van der Waals surface area contributed by atoms with Crippen molar-refractivity contribution in [2.75, 3.05) is 0 Å². The van der Waals surface area contributed by atoms with Gasteiger partial charge in [-0.3, -0.25) is 0 Å². The van der Waals surface area contributed by atoms with E-state index < -0.39 is 7.92 Å². The van der Waals surface area contributed by atoms with Gasteiger partial charge in [0.25, 0.3) is 0 Å². The fraction of sp³-hybridized carbons (Fsp3) is 0.571. The number of phenols is 2. The first-order valence-corrected chi connectivity index (χ1v) is 13.2. The van der Waals surface area contributed by atoms with E-state index in [1.165, 1.54) is 43.2 Å². The molecule has 0 amide bonds. The number of aromatic hydroxyl groups is 2. The fourth-order valence-corrected chi connectivity index (χ4v) is 8.20. The quantitative estimate of drug-likeness (QED) is 0.501. The third-order valence-electron chi connectivity index (χ3n) is 6.54. The van der Waals surface area contributed by atoms with E-state index >= 15 is 0 Å². The predicted octanol–water partition coefficient (Wildman–Crippen LogP) is 7.08. The summed E-state index contributed by atoms with van der Waals surface area (Å²) < 4.78 is 0. The van der Waals surface area contributed by atoms with E-state index in [0.717, 1.165) is 21.7 Å². The van der Waals surface area contributed by atoms with Crippen molar-refractivity contribution >= 4 is 18.5 Å². The van der Waals surface area contributed by atoms with Gasteiger partial charge in [-0.2, -0.15) is 0 Å². The molecule has 1 saturated carbocycles. The molecule has 0 bridgehead atoms. The van der Waals surface area contributed by atoms with Crippen molar-refractivity contribution in [1.29, 1.82) is 0 Å². The standard InChI is InChI=1S/C28H41O2P/c1-18-14-21(27(3,4)5)25(29)23(16-18)31(20-12-10-9-11-13-20)24-17-19(2)15-22(26(24)30)28(6,7)8/h14-17,20,29-30H,9-13H2,1-8H3. The van der Waals surface area contributed by atoms with Crippen LogP contribution in [0.3, 0.4) is 0 Å². The minimum atomic E-state index is -0.870. The van der Waals surface area contributed by atoms with Crippen LogP contribution in [0.4, 0.5) is 0 Å². The van der Waals surface area contributed by atoms with Crippen LogP contribution in [0.15, 0.2) is 24.3 Å². The Balaban J connectivity index is 2.31. The summed E-state index contributed by atoms with van der Waals surface area (Å²) in [6, 6.07) is 8.63. The predicted molar refractivity (Wildman–Crippen MR) is 136 cm³/mol. The van der Waals surface area contributed by atoms with Gasteiger partial charge in [0.1, 0.15) is 11.5 Å². The van der Waals surface area contributed by atoms with Gasteiger partial charge in [0.05, 0.1) is 0 Å². The maximum atomic E-state index is 11.5. The third kappa shape index (κ3) is 5.11. The smallest absolute Gasteiger partial charge is 0.127 e. The molecule has 2 N–H and O–H groups in total. The van der Waals surface area contributed by atoms with Gasteiger partial charge in [-0.05, 0) is 74.4 Å². The maximum absolute atomic E-state index is 11.5. The highest BCUT2D eigenvalue weighted by Crippen LogP contribution is 2.52. The summed E-state index contributed by atoms with van der Waals surface area (Å²) in [5, 5.41) is 25.2. The zero-order chi connectivity index (χ0) is 23.1. The van der Waals surface area contributed by atoms with E-state index in [2.05, 4.69) is 79.7 Å². The number of rotatable bonds is 3. The number of hydrogen-bond acceptors (Lipinski definition) is 2. The van der Waals surface area contributed by atoms with Crippen LogP contribution in [-0.2, 0) is 10.8 Å². The Bertz CT molecular complexity index is 871. The monoisotopic (exact) mass is 440 g/mol. The number of phenolic OH excluding ortho intramolecular Hbond substituents is 2. The molecule has 2 aromatic rings. The van der Waals surface area contributed by atoms with Crippen LogP contribution in [0.1, 0.15) is 95.9 Å². The van der Waals surface area contributed by atoms with Crippen molar-refractivity contribution in [1.82, 2.24) is 0 Å². The average molecular weight is 441 g/mol. The van der Waals surface area contributed by atoms with Crippen LogP contribution in [-0.4, -0.2) is 15.9 Å². The van der Waals surface area contributed by atoms with Gasteiger partial charge in [-0.25, -0.2) is 0 Å². The Morgan fingerprint density at radius 1 is 0.677 bits per heavy atom. The molecule has 3 heteroatoms. The molecule has 0 heterocycles. The van der Waals surface area contributed by atoms with Crippen LogP contribution in [0.5, 0.6) is 11.5 Å². The van der Waals surface area contributed by atoms with Crippen LogP contribution in [0, 0.1) is 13.8 Å². The third-order valence-corrected chi connectivity index (χ3v) is 9.51. The Morgan fingerprint density at radius 2 is 1.06 bits per heavy atom. The lowest BCUT2D eigenvalue weighted by Gasteiger charge is -2.35. The summed E-state index contributed by atoms with van der Waals surface area (Å²) in [6.07, 6.45) is 6.10. The first-order chi connectivity index (χ1) is 14.3. The Labute approximate surface area is 190 Å². The van der Waals surface area contributed by atoms with Crippen LogP contribution in [0.2, 0.25) is 0 Å². The molecule has 0 spiro atoms. The van der Waals surface area contributed by atoms with E-state index in [1.54, 1.807) is 0 Å². The summed E-state index contributed by atoms with van der Waals surface area (Å²) in [5.74, 6) is 0.876. The van der Waals surface area contributed by atoms with Crippen molar-refractivity contribution in [2.45, 2.75) is 104 Å². The Morgan fingerprint density at radius 3 is 1.42 bits per heavy atom. The molecule has 1 aliphatic carbocycles. The number of aryl methyl sites for hydroxylation is 2. The summed E-state index contributed by atoms with van der Waals surface area (Å²) in [4.78, 5) is 0. The van der Waals surface area contributed by atoms with E-state index in [0.29, 0.717) is 17.2 Å². The highest BCUT2D eigenvalue weighted by atomic mass is 31.1. The van der Waals surface area contributed by atoms with Crippen LogP contribution >= 0.6 is 7.92 Å². The summed E-state index contributed by atoms with van der Waals surface area (Å²) >= 11 is 0. The van der Waals surface area contributed by atoms with Crippen molar-refractivity contribution in [2.24, 2.45) is 0 Å². The minimum absolute atomic E-state index is 0.135. The molecule has 1 aliphatic rings. The molecular formula is C28H41O2P. The van der Waals surface area contributed by atoms with Gasteiger partial charge < -0.3 is 10.2 Å². The zero-order valence-electron chi connectivity index (χ0n) is 20.8.